The molecule has 0 aliphatic carbocycles. The van der Waals surface area contributed by atoms with Gasteiger partial charge < -0.3 is 51.2 Å². The van der Waals surface area contributed by atoms with Crippen molar-refractivity contribution >= 4 is 81.6 Å². The number of nitrogens with zero attached hydrogens (tertiary/aromatic N) is 2. The molecule has 70 heavy (non-hydrogen) atoms. The van der Waals surface area contributed by atoms with Crippen LogP contribution in [0.3, 0.4) is 0 Å². The first-order chi connectivity index (χ1) is 33.5. The third-order valence-corrected chi connectivity index (χ3v) is 17.0. The zero-order valence-corrected chi connectivity index (χ0v) is 44.9. The second-order valence-corrected chi connectivity index (χ2v) is 23.1. The van der Waals surface area contributed by atoms with E-state index in [9.17, 15) is 19.2 Å². The van der Waals surface area contributed by atoms with Gasteiger partial charge in [-0.15, -0.1) is 23.5 Å². The summed E-state index contributed by atoms with van der Waals surface area (Å²) in [5.41, 5.74) is 0.788. The molecule has 4 heterocycles. The lowest BCUT2D eigenvalue weighted by atomic mass is 9.83. The number of benzene rings is 2. The number of ether oxygens (including phenoxy) is 2. The largest absolute Gasteiger partial charge is 0.367 e. The lowest BCUT2D eigenvalue weighted by Crippen LogP contribution is -2.58. The molecule has 0 aromatic heterocycles. The van der Waals surface area contributed by atoms with Crippen molar-refractivity contribution in [2.75, 3.05) is 52.0 Å². The van der Waals surface area contributed by atoms with E-state index in [2.05, 4.69) is 55.6 Å². The van der Waals surface area contributed by atoms with Gasteiger partial charge >= 0.3 is 0 Å². The number of fused-ring (bicyclic) bond motifs is 2. The van der Waals surface area contributed by atoms with Crippen LogP contribution in [0.2, 0.25) is 0 Å². The Labute approximate surface area is 434 Å². The standard InChI is InChI=1S/C52H70N8O6S4/c1-33(53-7)47(67)57-37-23-27-69-41-29-51(3,4)43(59(41)49(37)63)45(61)55-39(35-19-13-11-14-20-35)31-65-25-17-9-10-18-26-66-32-40(36-21-15-12-16-22-36)56-46(62)44-52(5,6)30-42-60(44)50(64)38(24-28-70-42)58-48(68)34(2)54-8/h11-16,19-22,33-34,37-44,53-54H,23-32H2,1-8H3,(H,55,61)(H,56,62)(H,57,67)(H,58,68)/t33-,34-,37-,38-,39+,40+,41-,42-,43+,44+/m0/s1. The molecule has 0 radical (unpaired) electrons. The second-order valence-electron chi connectivity index (χ2n) is 19.6. The highest BCUT2D eigenvalue weighted by molar-refractivity contribution is 8.00. The summed E-state index contributed by atoms with van der Waals surface area (Å²) in [6, 6.07) is 15.7. The van der Waals surface area contributed by atoms with E-state index >= 15 is 0 Å². The van der Waals surface area contributed by atoms with Gasteiger partial charge in [-0.05, 0) is 98.9 Å². The van der Waals surface area contributed by atoms with Gasteiger partial charge in [0.2, 0.25) is 23.6 Å². The Balaban J connectivity index is 1.04. The normalized spacial score (nSPS) is 25.1. The molecule has 4 aliphatic heterocycles. The molecule has 4 fully saturated rings. The first kappa shape index (κ1) is 55.1. The molecule has 0 bridgehead atoms. The number of carbonyl (C=O) groups excluding carboxylic acids is 4. The fraction of sp³-hybridized carbons (Fsp3) is 0.577. The van der Waals surface area contributed by atoms with E-state index in [-0.39, 0.29) is 72.9 Å². The smallest absolute Gasteiger partial charge is 0.246 e. The number of carbonyl (C=O) groups is 4. The zero-order chi connectivity index (χ0) is 50.6. The van der Waals surface area contributed by atoms with Crippen LogP contribution in [0.15, 0.2) is 60.7 Å². The summed E-state index contributed by atoms with van der Waals surface area (Å²) >= 11 is 14.6. The van der Waals surface area contributed by atoms with Crippen molar-refractivity contribution in [1.29, 1.82) is 0 Å². The van der Waals surface area contributed by atoms with Gasteiger partial charge in [0.05, 0.1) is 58.1 Å². The number of thiocarbonyl (C=S) groups is 2. The predicted molar refractivity (Wildman–Crippen MR) is 288 cm³/mol. The molecule has 4 amide bonds. The van der Waals surface area contributed by atoms with E-state index in [1.807, 2.05) is 116 Å². The highest BCUT2D eigenvalue weighted by Gasteiger charge is 2.56. The molecule has 4 aliphatic rings. The Morgan fingerprint density at radius 1 is 0.671 bits per heavy atom. The average molecular weight is 1030 g/mol. The van der Waals surface area contributed by atoms with Crippen LogP contribution >= 0.6 is 48.0 Å². The third kappa shape index (κ3) is 13.8. The minimum absolute atomic E-state index is 0.0718. The maximum absolute atomic E-state index is 14.4. The van der Waals surface area contributed by atoms with Gasteiger partial charge in [0.25, 0.3) is 0 Å². The number of nitrogens with one attached hydrogen (secondary N) is 6. The summed E-state index contributed by atoms with van der Waals surface area (Å²) in [6.45, 7) is 12.5. The molecule has 18 heteroatoms. The fourth-order valence-electron chi connectivity index (χ4n) is 9.49. The molecule has 4 saturated heterocycles. The maximum atomic E-state index is 14.4. The Kier molecular flexibility index (Phi) is 20.0. The van der Waals surface area contributed by atoms with Crippen LogP contribution in [-0.4, -0.2) is 142 Å². The van der Waals surface area contributed by atoms with Crippen LogP contribution in [-0.2, 0) is 28.7 Å². The number of hydrogen-bond donors (Lipinski definition) is 6. The van der Waals surface area contributed by atoms with Gasteiger partial charge in [-0.3, -0.25) is 19.2 Å². The maximum Gasteiger partial charge on any atom is 0.246 e. The van der Waals surface area contributed by atoms with Crippen LogP contribution in [0.4, 0.5) is 0 Å². The van der Waals surface area contributed by atoms with Gasteiger partial charge in [-0.25, -0.2) is 0 Å². The Morgan fingerprint density at radius 2 is 1.04 bits per heavy atom. The van der Waals surface area contributed by atoms with Crippen molar-refractivity contribution in [2.45, 2.75) is 126 Å². The van der Waals surface area contributed by atoms with E-state index < -0.39 is 47.1 Å². The first-order valence-corrected chi connectivity index (χ1v) is 27.0. The molecule has 378 valence electrons. The van der Waals surface area contributed by atoms with Gasteiger partial charge in [0, 0.05) is 0 Å². The molecule has 0 saturated carbocycles. The topological polar surface area (TPSA) is 165 Å². The minimum Gasteiger partial charge on any atom is -0.367 e. The summed E-state index contributed by atoms with van der Waals surface area (Å²) in [5.74, 6) is 12.4. The number of thioether (sulfide) groups is 2. The first-order valence-electron chi connectivity index (χ1n) is 24.1. The molecule has 6 rings (SSSR count). The van der Waals surface area contributed by atoms with Gasteiger partial charge in [-0.2, -0.15) is 0 Å². The third-order valence-electron chi connectivity index (χ3n) is 13.6. The molecule has 6 N–H and O–H groups in total. The van der Waals surface area contributed by atoms with Crippen molar-refractivity contribution in [3.63, 3.8) is 0 Å². The summed E-state index contributed by atoms with van der Waals surface area (Å²) in [7, 11) is 3.65. The monoisotopic (exact) mass is 1030 g/mol. The minimum atomic E-state index is -0.692. The lowest BCUT2D eigenvalue weighted by Gasteiger charge is -2.35. The quantitative estimate of drug-likeness (QED) is 0.0692. The molecule has 2 aromatic rings. The van der Waals surface area contributed by atoms with E-state index in [0.717, 1.165) is 22.6 Å². The predicted octanol–water partition coefficient (Wildman–Crippen LogP) is 4.71. The van der Waals surface area contributed by atoms with Crippen molar-refractivity contribution in [3.8, 4) is 23.7 Å². The summed E-state index contributed by atoms with van der Waals surface area (Å²) < 4.78 is 12.0. The van der Waals surface area contributed by atoms with Gasteiger partial charge in [0.1, 0.15) is 37.4 Å². The van der Waals surface area contributed by atoms with Crippen molar-refractivity contribution in [1.82, 2.24) is 41.7 Å². The van der Waals surface area contributed by atoms with E-state index in [0.29, 0.717) is 35.7 Å². The highest BCUT2D eigenvalue weighted by Crippen LogP contribution is 2.48. The van der Waals surface area contributed by atoms with Crippen molar-refractivity contribution in [2.24, 2.45) is 10.8 Å². The summed E-state index contributed by atoms with van der Waals surface area (Å²) in [5, 5.41) is 19.0. The van der Waals surface area contributed by atoms with E-state index in [4.69, 9.17) is 33.9 Å². The number of likely N-dealkylation sites (N-methyl/N-ethyl adjacent to an activating group) is 2. The number of rotatable bonds is 18. The van der Waals surface area contributed by atoms with Gasteiger partial charge in [0.15, 0.2) is 0 Å². The zero-order valence-electron chi connectivity index (χ0n) is 41.6. The number of hydrogen-bond acceptors (Lipinski definition) is 12. The fourth-order valence-corrected chi connectivity index (χ4v) is 13.2. The van der Waals surface area contributed by atoms with E-state index in [1.165, 1.54) is 0 Å². The molecular weight excluding hydrogens is 961 g/mol. The van der Waals surface area contributed by atoms with Gasteiger partial charge in [-0.1, -0.05) is 125 Å². The van der Waals surface area contributed by atoms with Crippen molar-refractivity contribution in [3.05, 3.63) is 71.8 Å². The van der Waals surface area contributed by atoms with Crippen LogP contribution in [0.1, 0.15) is 90.4 Å². The Hall–Kier alpha value is -4.24. The van der Waals surface area contributed by atoms with Crippen LogP contribution in [0.25, 0.3) is 0 Å². The molecule has 0 spiro atoms. The Bertz CT molecular complexity index is 2140. The Morgan fingerprint density at radius 3 is 1.40 bits per heavy atom. The lowest BCUT2D eigenvalue weighted by molar-refractivity contribution is -0.142. The van der Waals surface area contributed by atoms with E-state index in [1.54, 1.807) is 33.3 Å². The molecule has 14 nitrogen and oxygen atoms in total. The van der Waals surface area contributed by atoms with Crippen LogP contribution in [0.5, 0.6) is 0 Å². The molecule has 10 atom stereocenters. The summed E-state index contributed by atoms with van der Waals surface area (Å²) in [6.07, 6.45) is 2.62. The molecule has 2 aromatic carbocycles. The van der Waals surface area contributed by atoms with Crippen LogP contribution in [0, 0.1) is 34.5 Å². The average Bonchev–Trinajstić information content (AvgIpc) is 3.66. The SMILES string of the molecule is CN[C@@H](C)C(=S)N[C@H]1CCS[C@H]2CC(C)(C)[C@@H](C(=O)N[C@H](COCC#CC#CCOC[C@@H](NC(=O)[C@H]3N4C(=O)[C@@H](NC(=S)[C@H](C)NC)CCS[C@H]4CC3(C)C)c3ccccc3)c3ccccc3)N2C1=O. The van der Waals surface area contributed by atoms with Crippen LogP contribution < -0.4 is 31.9 Å². The molecule has 0 unspecified atom stereocenters. The number of amides is 4. The molecular formula is C52H70N8O6S4. The van der Waals surface area contributed by atoms with Crippen molar-refractivity contribution < 1.29 is 28.7 Å². The second kappa shape index (κ2) is 25.4. The highest BCUT2D eigenvalue weighted by atomic mass is 32.2. The summed E-state index contributed by atoms with van der Waals surface area (Å²) in [4.78, 5) is 61.8.